The Balaban J connectivity index is 1.62. The number of benzene rings is 1. The normalized spacial score (nSPS) is 17.6. The summed E-state index contributed by atoms with van der Waals surface area (Å²) in [6.45, 7) is 2.66. The van der Waals surface area contributed by atoms with Crippen LogP contribution in [0.2, 0.25) is 0 Å². The molecule has 1 atom stereocenters. The van der Waals surface area contributed by atoms with Crippen molar-refractivity contribution in [2.24, 2.45) is 0 Å². The number of piperazine rings is 1. The van der Waals surface area contributed by atoms with Crippen molar-refractivity contribution >= 4 is 11.8 Å². The Morgan fingerprint density at radius 3 is 2.80 bits per heavy atom. The first-order valence-electron chi connectivity index (χ1n) is 9.55. The maximum Gasteiger partial charge on any atom is 0.416 e. The highest BCUT2D eigenvalue weighted by Gasteiger charge is 2.36. The number of carbonyl (C=O) groups excluding carboxylic acids is 2. The number of hydrogen-bond donors (Lipinski definition) is 3. The number of aryl methyl sites for hydroxylation is 1. The van der Waals surface area contributed by atoms with Crippen LogP contribution < -0.4 is 10.6 Å². The SMILES string of the molecule is Cc1nc(CCNC(=O)CC2C(=O)NCCN2Cc2ccccc2C(F)(F)F)n[nH]1. The van der Waals surface area contributed by atoms with E-state index in [1.165, 1.54) is 18.2 Å². The topological polar surface area (TPSA) is 103 Å². The van der Waals surface area contributed by atoms with Crippen LogP contribution in [0.1, 0.15) is 29.2 Å². The molecule has 0 radical (unpaired) electrons. The smallest absolute Gasteiger partial charge is 0.356 e. The van der Waals surface area contributed by atoms with Crippen molar-refractivity contribution in [1.82, 2.24) is 30.7 Å². The molecule has 1 aliphatic heterocycles. The highest BCUT2D eigenvalue weighted by Crippen LogP contribution is 2.32. The molecule has 30 heavy (non-hydrogen) atoms. The molecule has 8 nitrogen and oxygen atoms in total. The van der Waals surface area contributed by atoms with Crippen molar-refractivity contribution in [3.63, 3.8) is 0 Å². The van der Waals surface area contributed by atoms with Crippen LogP contribution in [0.15, 0.2) is 24.3 Å². The van der Waals surface area contributed by atoms with E-state index in [-0.39, 0.29) is 30.3 Å². The summed E-state index contributed by atoms with van der Waals surface area (Å²) in [5, 5.41) is 12.1. The summed E-state index contributed by atoms with van der Waals surface area (Å²) in [6, 6.07) is 4.43. The van der Waals surface area contributed by atoms with Crippen LogP contribution in [0.5, 0.6) is 0 Å². The lowest BCUT2D eigenvalue weighted by molar-refractivity contribution is -0.139. The number of amides is 2. The Hall–Kier alpha value is -2.95. The first-order chi connectivity index (χ1) is 14.2. The maximum absolute atomic E-state index is 13.3. The number of rotatable bonds is 7. The Bertz CT molecular complexity index is 898. The monoisotopic (exact) mass is 424 g/mol. The van der Waals surface area contributed by atoms with E-state index >= 15 is 0 Å². The van der Waals surface area contributed by atoms with Gasteiger partial charge >= 0.3 is 6.18 Å². The second kappa shape index (κ2) is 9.24. The number of nitrogens with zero attached hydrogens (tertiary/aromatic N) is 3. The molecule has 3 rings (SSSR count). The minimum atomic E-state index is -4.49. The van der Waals surface area contributed by atoms with Gasteiger partial charge in [0.2, 0.25) is 11.8 Å². The lowest BCUT2D eigenvalue weighted by Crippen LogP contribution is -2.56. The predicted molar refractivity (Wildman–Crippen MR) is 101 cm³/mol. The molecule has 1 saturated heterocycles. The Morgan fingerprint density at radius 2 is 2.10 bits per heavy atom. The molecule has 1 fully saturated rings. The molecule has 11 heteroatoms. The fourth-order valence-electron chi connectivity index (χ4n) is 3.39. The molecule has 162 valence electrons. The zero-order chi connectivity index (χ0) is 21.7. The number of nitrogens with one attached hydrogen (secondary N) is 3. The van der Waals surface area contributed by atoms with Crippen molar-refractivity contribution in [3.05, 3.63) is 47.0 Å². The van der Waals surface area contributed by atoms with E-state index in [4.69, 9.17) is 0 Å². The standard InChI is InChI=1S/C19H23F3N6O2/c1-12-25-16(27-26-12)6-7-23-17(29)10-15-18(30)24-8-9-28(15)11-13-4-2-3-5-14(13)19(20,21)22/h2-5,15H,6-11H2,1H3,(H,23,29)(H,24,30)(H,25,26,27). The summed E-state index contributed by atoms with van der Waals surface area (Å²) in [4.78, 5) is 30.4. The van der Waals surface area contributed by atoms with Crippen molar-refractivity contribution < 1.29 is 22.8 Å². The molecular formula is C19H23F3N6O2. The Morgan fingerprint density at radius 1 is 1.33 bits per heavy atom. The van der Waals surface area contributed by atoms with Gasteiger partial charge in [-0.15, -0.1) is 0 Å². The van der Waals surface area contributed by atoms with Crippen molar-refractivity contribution in [2.45, 2.75) is 38.5 Å². The van der Waals surface area contributed by atoms with Crippen LogP contribution in [0.3, 0.4) is 0 Å². The first-order valence-corrected chi connectivity index (χ1v) is 9.55. The third-order valence-electron chi connectivity index (χ3n) is 4.83. The molecule has 1 aromatic carbocycles. The number of aromatic nitrogens is 3. The Kier molecular flexibility index (Phi) is 6.70. The van der Waals surface area contributed by atoms with Gasteiger partial charge in [-0.2, -0.15) is 18.3 Å². The third kappa shape index (κ3) is 5.56. The molecule has 0 aliphatic carbocycles. The maximum atomic E-state index is 13.3. The second-order valence-corrected chi connectivity index (χ2v) is 7.07. The lowest BCUT2D eigenvalue weighted by Gasteiger charge is -2.35. The first kappa shape index (κ1) is 21.8. The van der Waals surface area contributed by atoms with Gasteiger partial charge in [0.1, 0.15) is 5.82 Å². The van der Waals surface area contributed by atoms with E-state index in [1.54, 1.807) is 11.8 Å². The second-order valence-electron chi connectivity index (χ2n) is 7.07. The number of alkyl halides is 3. The molecule has 1 aliphatic rings. The average molecular weight is 424 g/mol. The highest BCUT2D eigenvalue weighted by atomic mass is 19.4. The van der Waals surface area contributed by atoms with Gasteiger partial charge in [-0.3, -0.25) is 19.6 Å². The van der Waals surface area contributed by atoms with Crippen LogP contribution in [0.25, 0.3) is 0 Å². The molecule has 0 saturated carbocycles. The van der Waals surface area contributed by atoms with Gasteiger partial charge in [0.05, 0.1) is 18.0 Å². The largest absolute Gasteiger partial charge is 0.416 e. The van der Waals surface area contributed by atoms with Crippen molar-refractivity contribution in [2.75, 3.05) is 19.6 Å². The van der Waals surface area contributed by atoms with Crippen LogP contribution in [-0.4, -0.2) is 57.6 Å². The summed E-state index contributed by atoms with van der Waals surface area (Å²) in [5.74, 6) is 0.502. The van der Waals surface area contributed by atoms with Crippen LogP contribution >= 0.6 is 0 Å². The van der Waals surface area contributed by atoms with Gasteiger partial charge in [0, 0.05) is 32.6 Å². The molecule has 3 N–H and O–H groups in total. The molecular weight excluding hydrogens is 401 g/mol. The summed E-state index contributed by atoms with van der Waals surface area (Å²) in [7, 11) is 0. The fraction of sp³-hybridized carbons (Fsp3) is 0.474. The molecule has 0 bridgehead atoms. The lowest BCUT2D eigenvalue weighted by atomic mass is 10.0. The molecule has 2 amide bonds. The van der Waals surface area contributed by atoms with Gasteiger partial charge in [-0.25, -0.2) is 4.98 Å². The number of carbonyl (C=O) groups is 2. The van der Waals surface area contributed by atoms with Crippen molar-refractivity contribution in [3.8, 4) is 0 Å². The minimum absolute atomic E-state index is 0.0719. The average Bonchev–Trinajstić information content (AvgIpc) is 3.09. The number of halogens is 3. The summed E-state index contributed by atoms with van der Waals surface area (Å²) < 4.78 is 39.9. The fourth-order valence-corrected chi connectivity index (χ4v) is 3.39. The molecule has 0 spiro atoms. The van der Waals surface area contributed by atoms with E-state index in [2.05, 4.69) is 25.8 Å². The molecule has 2 aromatic rings. The Labute approximate surface area is 171 Å². The van der Waals surface area contributed by atoms with Crippen LogP contribution in [-0.2, 0) is 28.7 Å². The highest BCUT2D eigenvalue weighted by molar-refractivity contribution is 5.88. The van der Waals surface area contributed by atoms with Gasteiger partial charge in [0.25, 0.3) is 0 Å². The van der Waals surface area contributed by atoms with Gasteiger partial charge in [-0.1, -0.05) is 18.2 Å². The number of H-pyrrole nitrogens is 1. The van der Waals surface area contributed by atoms with Gasteiger partial charge < -0.3 is 10.6 Å². The zero-order valence-electron chi connectivity index (χ0n) is 16.4. The predicted octanol–water partition coefficient (Wildman–Crippen LogP) is 1.18. The number of aromatic amines is 1. The van der Waals surface area contributed by atoms with E-state index < -0.39 is 17.8 Å². The summed E-state index contributed by atoms with van der Waals surface area (Å²) in [6.07, 6.45) is -4.21. The van der Waals surface area contributed by atoms with E-state index in [0.29, 0.717) is 37.7 Å². The van der Waals surface area contributed by atoms with Crippen LogP contribution in [0.4, 0.5) is 13.2 Å². The molecule has 1 unspecified atom stereocenters. The number of hydrogen-bond acceptors (Lipinski definition) is 5. The molecule has 2 heterocycles. The van der Waals surface area contributed by atoms with Gasteiger partial charge in [0.15, 0.2) is 5.82 Å². The van der Waals surface area contributed by atoms with Crippen LogP contribution in [0, 0.1) is 6.92 Å². The summed E-state index contributed by atoms with van der Waals surface area (Å²) in [5.41, 5.74) is -0.661. The summed E-state index contributed by atoms with van der Waals surface area (Å²) >= 11 is 0. The quantitative estimate of drug-likeness (QED) is 0.620. The zero-order valence-corrected chi connectivity index (χ0v) is 16.4. The van der Waals surface area contributed by atoms with E-state index in [9.17, 15) is 22.8 Å². The van der Waals surface area contributed by atoms with E-state index in [0.717, 1.165) is 6.07 Å². The van der Waals surface area contributed by atoms with Gasteiger partial charge in [-0.05, 0) is 18.6 Å². The van der Waals surface area contributed by atoms with E-state index in [1.807, 2.05) is 0 Å². The third-order valence-corrected chi connectivity index (χ3v) is 4.83. The van der Waals surface area contributed by atoms with Crippen molar-refractivity contribution in [1.29, 1.82) is 0 Å². The minimum Gasteiger partial charge on any atom is -0.356 e. The molecule has 1 aromatic heterocycles.